The monoisotopic (exact) mass is 679 g/mol. The molecular weight excluding hydrogens is 627 g/mol. The first kappa shape index (κ1) is 36.4. The fourth-order valence-electron chi connectivity index (χ4n) is 6.03. The lowest BCUT2D eigenvalue weighted by atomic mass is 9.76. The number of carbonyl (C=O) groups is 1. The number of thioether (sulfide) groups is 1. The fourth-order valence-corrected chi connectivity index (χ4v) is 6.75. The van der Waals surface area contributed by atoms with E-state index in [1.807, 2.05) is 12.1 Å². The molecule has 0 unspecified atom stereocenters. The molecule has 0 bridgehead atoms. The van der Waals surface area contributed by atoms with Crippen LogP contribution in [0.5, 0.6) is 5.75 Å². The van der Waals surface area contributed by atoms with Crippen LogP contribution in [0, 0.1) is 6.92 Å². The quantitative estimate of drug-likeness (QED) is 0.0779. The highest BCUT2D eigenvalue weighted by atomic mass is 32.2. The predicted molar refractivity (Wildman–Crippen MR) is 204 cm³/mol. The van der Waals surface area contributed by atoms with Gasteiger partial charge < -0.3 is 14.6 Å². The smallest absolute Gasteiger partial charge is 0.220 e. The van der Waals surface area contributed by atoms with E-state index in [1.165, 1.54) is 22.3 Å². The van der Waals surface area contributed by atoms with Gasteiger partial charge in [0.15, 0.2) is 5.65 Å². The Balaban J connectivity index is 1.07. The number of amides is 1. The van der Waals surface area contributed by atoms with E-state index in [1.54, 1.807) is 11.8 Å². The van der Waals surface area contributed by atoms with Crippen LogP contribution in [0.4, 0.5) is 0 Å². The Labute approximate surface area is 296 Å². The number of aryl methyl sites for hydroxylation is 1. The Bertz CT molecular complexity index is 1880. The Morgan fingerprint density at radius 2 is 1.69 bits per heavy atom. The molecule has 0 aliphatic heterocycles. The van der Waals surface area contributed by atoms with Crippen LogP contribution in [-0.2, 0) is 22.2 Å². The van der Waals surface area contributed by atoms with E-state index in [9.17, 15) is 4.79 Å². The first-order valence-corrected chi connectivity index (χ1v) is 18.9. The van der Waals surface area contributed by atoms with E-state index in [0.29, 0.717) is 31.3 Å². The molecule has 0 fully saturated rings. The third-order valence-electron chi connectivity index (χ3n) is 9.97. The number of carbonyl (C=O) groups excluding carboxylic acids is 1. The van der Waals surface area contributed by atoms with Gasteiger partial charge in [-0.3, -0.25) is 4.79 Å². The molecule has 7 nitrogen and oxygen atoms in total. The topological polar surface area (TPSA) is 81.9 Å². The molecule has 0 saturated heterocycles. The van der Waals surface area contributed by atoms with Crippen LogP contribution in [0.2, 0.25) is 0 Å². The van der Waals surface area contributed by atoms with E-state index < -0.39 is 0 Å². The number of rotatable bonds is 17. The van der Waals surface area contributed by atoms with E-state index in [2.05, 4.69) is 123 Å². The molecule has 1 N–H and O–H groups in total. The average molecular weight is 680 g/mol. The van der Waals surface area contributed by atoms with Gasteiger partial charge >= 0.3 is 0 Å². The molecule has 8 heteroatoms. The maximum absolute atomic E-state index is 12.6. The van der Waals surface area contributed by atoms with Crippen LogP contribution in [-0.4, -0.2) is 44.6 Å². The van der Waals surface area contributed by atoms with Gasteiger partial charge in [-0.25, -0.2) is 4.98 Å². The summed E-state index contributed by atoms with van der Waals surface area (Å²) in [7, 11) is 0. The lowest BCUT2D eigenvalue weighted by molar-refractivity contribution is -0.121. The number of unbranched alkanes of at least 4 members (excludes halogenated alkanes) is 1. The van der Waals surface area contributed by atoms with Gasteiger partial charge in [-0.1, -0.05) is 113 Å². The molecular formula is C41H53N5O2S. The van der Waals surface area contributed by atoms with Crippen LogP contribution in [0.1, 0.15) is 102 Å². The molecule has 260 valence electrons. The Morgan fingerprint density at radius 1 is 0.898 bits per heavy atom. The minimum Gasteiger partial charge on any atom is -0.493 e. The maximum Gasteiger partial charge on any atom is 0.220 e. The number of fused-ring (bicyclic) bond motifs is 3. The molecule has 5 aromatic rings. The summed E-state index contributed by atoms with van der Waals surface area (Å²) >= 11 is 1.55. The minimum absolute atomic E-state index is 0.0401. The third kappa shape index (κ3) is 9.01. The minimum atomic E-state index is 0.0401. The first-order valence-electron chi connectivity index (χ1n) is 17.9. The highest BCUT2D eigenvalue weighted by Crippen LogP contribution is 2.38. The van der Waals surface area contributed by atoms with Gasteiger partial charge in [0.25, 0.3) is 0 Å². The molecule has 2 heterocycles. The van der Waals surface area contributed by atoms with Gasteiger partial charge in [0.1, 0.15) is 11.3 Å². The molecule has 0 spiro atoms. The highest BCUT2D eigenvalue weighted by molar-refractivity contribution is 7.99. The predicted octanol–water partition coefficient (Wildman–Crippen LogP) is 9.56. The molecule has 0 atom stereocenters. The van der Waals surface area contributed by atoms with Crippen LogP contribution in [0.25, 0.3) is 22.1 Å². The summed E-state index contributed by atoms with van der Waals surface area (Å²) in [6.07, 6.45) is 5.12. The molecule has 0 aliphatic rings. The van der Waals surface area contributed by atoms with Crippen molar-refractivity contribution < 1.29 is 9.53 Å². The largest absolute Gasteiger partial charge is 0.493 e. The van der Waals surface area contributed by atoms with Crippen LogP contribution < -0.4 is 10.1 Å². The van der Waals surface area contributed by atoms with Crippen molar-refractivity contribution in [1.82, 2.24) is 25.1 Å². The highest BCUT2D eigenvalue weighted by Gasteiger charge is 2.26. The zero-order valence-corrected chi connectivity index (χ0v) is 31.3. The summed E-state index contributed by atoms with van der Waals surface area (Å²) in [5.74, 6) is 1.81. The van der Waals surface area contributed by atoms with Crippen molar-refractivity contribution in [2.24, 2.45) is 0 Å². The Hall–Kier alpha value is -3.91. The second-order valence-electron chi connectivity index (χ2n) is 14.4. The van der Waals surface area contributed by atoms with E-state index in [-0.39, 0.29) is 16.7 Å². The zero-order chi connectivity index (χ0) is 35.0. The summed E-state index contributed by atoms with van der Waals surface area (Å²) in [6.45, 7) is 17.8. The molecule has 2 aromatic heterocycles. The Kier molecular flexibility index (Phi) is 12.0. The molecule has 0 saturated carbocycles. The first-order chi connectivity index (χ1) is 23.5. The van der Waals surface area contributed by atoms with Crippen molar-refractivity contribution in [2.75, 3.05) is 18.9 Å². The fraction of sp³-hybridized carbons (Fsp3) is 0.463. The molecule has 3 aromatic carbocycles. The van der Waals surface area contributed by atoms with Crippen LogP contribution >= 0.6 is 11.8 Å². The van der Waals surface area contributed by atoms with Crippen molar-refractivity contribution in [3.63, 3.8) is 0 Å². The summed E-state index contributed by atoms with van der Waals surface area (Å²) in [4.78, 5) is 17.5. The van der Waals surface area contributed by atoms with E-state index in [0.717, 1.165) is 65.7 Å². The van der Waals surface area contributed by atoms with Gasteiger partial charge in [0, 0.05) is 36.2 Å². The maximum atomic E-state index is 12.6. The van der Waals surface area contributed by atoms with Crippen molar-refractivity contribution in [3.8, 4) is 5.75 Å². The Morgan fingerprint density at radius 3 is 2.47 bits per heavy atom. The number of hydrogen-bond donors (Lipinski definition) is 1. The van der Waals surface area contributed by atoms with Gasteiger partial charge in [-0.15, -0.1) is 10.2 Å². The van der Waals surface area contributed by atoms with Crippen molar-refractivity contribution in [2.45, 2.75) is 110 Å². The number of para-hydroxylation sites is 1. The van der Waals surface area contributed by atoms with E-state index in [4.69, 9.17) is 9.72 Å². The standard InChI is InChI=1S/C41H53N5O2S/c1-8-40(4,5)31-21-22-35(33(27-31)41(6,7)9-2)48-24-13-12-23-42-36(47)20-15-25-49-39-43-38-37(44-45-39)32-18-10-11-19-34(32)46(38)28-30-17-14-16-29(3)26-30/h10-11,14,16-19,21-22,26-27H,8-9,12-13,15,20,23-25,28H2,1-7H3,(H,42,47). The summed E-state index contributed by atoms with van der Waals surface area (Å²) in [5, 5.41) is 13.8. The van der Waals surface area contributed by atoms with Crippen molar-refractivity contribution >= 4 is 39.7 Å². The number of nitrogens with zero attached hydrogens (tertiary/aromatic N) is 4. The van der Waals surface area contributed by atoms with Crippen LogP contribution in [0.3, 0.4) is 0 Å². The van der Waals surface area contributed by atoms with Gasteiger partial charge in [-0.05, 0) is 73.1 Å². The van der Waals surface area contributed by atoms with Crippen molar-refractivity contribution in [3.05, 3.63) is 89.0 Å². The summed E-state index contributed by atoms with van der Waals surface area (Å²) < 4.78 is 8.53. The van der Waals surface area contributed by atoms with Gasteiger partial charge in [0.05, 0.1) is 12.1 Å². The zero-order valence-electron chi connectivity index (χ0n) is 30.4. The van der Waals surface area contributed by atoms with E-state index >= 15 is 0 Å². The molecule has 0 aliphatic carbocycles. The lowest BCUT2D eigenvalue weighted by Gasteiger charge is -2.30. The third-order valence-corrected chi connectivity index (χ3v) is 10.9. The normalized spacial score (nSPS) is 12.1. The summed E-state index contributed by atoms with van der Waals surface area (Å²) in [6, 6.07) is 23.6. The second-order valence-corrected chi connectivity index (χ2v) is 15.5. The number of nitrogens with one attached hydrogen (secondary N) is 1. The number of benzene rings is 3. The molecule has 49 heavy (non-hydrogen) atoms. The second kappa shape index (κ2) is 16.2. The summed E-state index contributed by atoms with van der Waals surface area (Å²) in [5.41, 5.74) is 8.03. The lowest BCUT2D eigenvalue weighted by Crippen LogP contribution is -2.24. The number of hydrogen-bond acceptors (Lipinski definition) is 6. The van der Waals surface area contributed by atoms with Crippen molar-refractivity contribution in [1.29, 1.82) is 0 Å². The molecule has 5 rings (SSSR count). The molecule has 1 amide bonds. The molecule has 0 radical (unpaired) electrons. The van der Waals surface area contributed by atoms with Gasteiger partial charge in [-0.2, -0.15) is 0 Å². The SMILES string of the molecule is CCC(C)(C)c1ccc(OCCCCNC(=O)CCCSc2nnc3c4ccccc4n(Cc4cccc(C)c4)c3n2)c(C(C)(C)CC)c1. The van der Waals surface area contributed by atoms with Crippen LogP contribution in [0.15, 0.2) is 71.9 Å². The van der Waals surface area contributed by atoms with Gasteiger partial charge in [0.2, 0.25) is 11.1 Å². The average Bonchev–Trinajstić information content (AvgIpc) is 3.40. The number of ether oxygens (including phenoxy) is 1. The number of aromatic nitrogens is 4.